The zero-order valence-electron chi connectivity index (χ0n) is 12.7. The lowest BCUT2D eigenvalue weighted by Crippen LogP contribution is -2.31. The number of ketones is 1. The highest BCUT2D eigenvalue weighted by Gasteiger charge is 2.36. The number of fused-ring (bicyclic) bond motifs is 1. The predicted octanol–water partition coefficient (Wildman–Crippen LogP) is 3.84. The van der Waals surface area contributed by atoms with Gasteiger partial charge in [0.25, 0.3) is 0 Å². The van der Waals surface area contributed by atoms with E-state index < -0.39 is 12.0 Å². The Hall–Kier alpha value is -2.18. The number of carbonyl (C=O) groups is 1. The number of nitrogens with zero attached hydrogens (tertiary/aromatic N) is 3. The van der Waals surface area contributed by atoms with Crippen molar-refractivity contribution in [2.75, 3.05) is 18.0 Å². The van der Waals surface area contributed by atoms with Crippen LogP contribution in [0, 0.1) is 0 Å². The molecule has 0 bridgehead atoms. The first-order chi connectivity index (χ1) is 10.9. The average molecular weight is 323 g/mol. The molecule has 1 aliphatic rings. The summed E-state index contributed by atoms with van der Waals surface area (Å²) < 4.78 is 39.2. The number of Topliss-reactive ketones (excluding diaryl/α,β-unsaturated/α-hetero) is 1. The lowest BCUT2D eigenvalue weighted by Gasteiger charge is -2.29. The molecule has 23 heavy (non-hydrogen) atoms. The Morgan fingerprint density at radius 1 is 1.13 bits per heavy atom. The van der Waals surface area contributed by atoms with Crippen molar-refractivity contribution >= 4 is 22.5 Å². The summed E-state index contributed by atoms with van der Waals surface area (Å²) in [5, 5.41) is 0.493. The smallest absolute Gasteiger partial charge is 0.356 e. The van der Waals surface area contributed by atoms with Gasteiger partial charge in [-0.2, -0.15) is 13.2 Å². The van der Waals surface area contributed by atoms with E-state index in [9.17, 15) is 18.0 Å². The Labute approximate surface area is 131 Å². The van der Waals surface area contributed by atoms with Crippen LogP contribution in [0.15, 0.2) is 18.2 Å². The molecule has 3 rings (SSSR count). The summed E-state index contributed by atoms with van der Waals surface area (Å²) in [6.07, 6.45) is -1.71. The minimum atomic E-state index is -4.60. The molecule has 0 spiro atoms. The highest BCUT2D eigenvalue weighted by atomic mass is 19.4. The van der Waals surface area contributed by atoms with E-state index in [1.807, 2.05) is 4.90 Å². The van der Waals surface area contributed by atoms with Crippen molar-refractivity contribution in [3.05, 3.63) is 29.6 Å². The van der Waals surface area contributed by atoms with E-state index in [1.165, 1.54) is 19.1 Å². The fourth-order valence-corrected chi connectivity index (χ4v) is 2.80. The number of carbonyl (C=O) groups excluding carboxylic acids is 1. The number of benzene rings is 1. The molecule has 7 heteroatoms. The summed E-state index contributed by atoms with van der Waals surface area (Å²) in [6, 6.07) is 4.54. The molecule has 1 aromatic carbocycles. The van der Waals surface area contributed by atoms with Crippen LogP contribution in [0.3, 0.4) is 0 Å². The van der Waals surface area contributed by atoms with Gasteiger partial charge in [-0.15, -0.1) is 0 Å². The number of alkyl halides is 3. The molecule has 0 unspecified atom stereocenters. The molecule has 1 aromatic heterocycles. The number of halogens is 3. The highest BCUT2D eigenvalue weighted by molar-refractivity contribution is 6.00. The third-order valence-corrected chi connectivity index (χ3v) is 3.99. The van der Waals surface area contributed by atoms with Gasteiger partial charge in [-0.25, -0.2) is 9.97 Å². The maximum Gasteiger partial charge on any atom is 0.451 e. The van der Waals surface area contributed by atoms with E-state index in [-0.39, 0.29) is 17.1 Å². The lowest BCUT2D eigenvalue weighted by atomic mass is 10.1. The molecule has 1 saturated heterocycles. The van der Waals surface area contributed by atoms with Crippen molar-refractivity contribution in [3.63, 3.8) is 0 Å². The molecule has 1 aliphatic heterocycles. The first kappa shape index (κ1) is 15.7. The molecule has 4 nitrogen and oxygen atoms in total. The molecule has 0 atom stereocenters. The number of hydrogen-bond donors (Lipinski definition) is 0. The molecule has 0 radical (unpaired) electrons. The van der Waals surface area contributed by atoms with Crippen molar-refractivity contribution in [3.8, 4) is 0 Å². The Balaban J connectivity index is 2.22. The van der Waals surface area contributed by atoms with Gasteiger partial charge in [-0.1, -0.05) is 0 Å². The zero-order chi connectivity index (χ0) is 16.6. The van der Waals surface area contributed by atoms with E-state index in [0.29, 0.717) is 24.0 Å². The molecular weight excluding hydrogens is 307 g/mol. The van der Waals surface area contributed by atoms with Crippen molar-refractivity contribution in [1.29, 1.82) is 0 Å². The van der Waals surface area contributed by atoms with Crippen LogP contribution in [-0.2, 0) is 6.18 Å². The quantitative estimate of drug-likeness (QED) is 0.788. The Bertz CT molecular complexity index is 752. The standard InChI is InChI=1S/C16H16F3N3O/c1-10(23)11-5-6-13-12(9-11)14(22-7-3-2-4-8-22)21-15(20-13)16(17,18)19/h5-6,9H,2-4,7-8H2,1H3. The predicted molar refractivity (Wildman–Crippen MR) is 80.6 cm³/mol. The maximum absolute atomic E-state index is 13.1. The third-order valence-electron chi connectivity index (χ3n) is 3.99. The van der Waals surface area contributed by atoms with Crippen molar-refractivity contribution in [2.45, 2.75) is 32.4 Å². The van der Waals surface area contributed by atoms with E-state index in [2.05, 4.69) is 9.97 Å². The topological polar surface area (TPSA) is 46.1 Å². The summed E-state index contributed by atoms with van der Waals surface area (Å²) >= 11 is 0. The Morgan fingerprint density at radius 2 is 1.83 bits per heavy atom. The van der Waals surface area contributed by atoms with Crippen LogP contribution < -0.4 is 4.90 Å². The molecule has 0 N–H and O–H groups in total. The van der Waals surface area contributed by atoms with E-state index in [1.54, 1.807) is 6.07 Å². The van der Waals surface area contributed by atoms with Crippen molar-refractivity contribution < 1.29 is 18.0 Å². The number of piperidine rings is 1. The summed E-state index contributed by atoms with van der Waals surface area (Å²) in [7, 11) is 0. The van der Waals surface area contributed by atoms with Gasteiger partial charge in [0.05, 0.1) is 5.52 Å². The second-order valence-electron chi connectivity index (χ2n) is 5.70. The molecule has 122 valence electrons. The minimum absolute atomic E-state index is 0.142. The average Bonchev–Trinajstić information content (AvgIpc) is 2.53. The van der Waals surface area contributed by atoms with Crippen LogP contribution >= 0.6 is 0 Å². The minimum Gasteiger partial charge on any atom is -0.356 e. The second kappa shape index (κ2) is 5.79. The first-order valence-corrected chi connectivity index (χ1v) is 7.51. The molecule has 2 heterocycles. The van der Waals surface area contributed by atoms with Crippen LogP contribution in [0.5, 0.6) is 0 Å². The van der Waals surface area contributed by atoms with Crippen molar-refractivity contribution in [1.82, 2.24) is 9.97 Å². The van der Waals surface area contributed by atoms with Gasteiger partial charge in [0.1, 0.15) is 5.82 Å². The molecule has 0 amide bonds. The van der Waals surface area contributed by atoms with Crippen LogP contribution in [0.25, 0.3) is 10.9 Å². The van der Waals surface area contributed by atoms with Crippen LogP contribution in [0.1, 0.15) is 42.4 Å². The van der Waals surface area contributed by atoms with Crippen molar-refractivity contribution in [2.24, 2.45) is 0 Å². The number of anilines is 1. The fraction of sp³-hybridized carbons (Fsp3) is 0.438. The van der Waals surface area contributed by atoms with Gasteiger partial charge < -0.3 is 4.90 Å². The summed E-state index contributed by atoms with van der Waals surface area (Å²) in [5.41, 5.74) is 0.650. The number of rotatable bonds is 2. The van der Waals surface area contributed by atoms with Gasteiger partial charge in [-0.05, 0) is 44.4 Å². The van der Waals surface area contributed by atoms with Gasteiger partial charge in [0, 0.05) is 24.0 Å². The molecule has 1 fully saturated rings. The maximum atomic E-state index is 13.1. The summed E-state index contributed by atoms with van der Waals surface area (Å²) in [5.74, 6) is -1.01. The normalized spacial score (nSPS) is 15.9. The fourth-order valence-electron chi connectivity index (χ4n) is 2.80. The highest BCUT2D eigenvalue weighted by Crippen LogP contribution is 2.33. The lowest BCUT2D eigenvalue weighted by molar-refractivity contribution is -0.144. The van der Waals surface area contributed by atoms with Crippen LogP contribution in [0.4, 0.5) is 19.0 Å². The largest absolute Gasteiger partial charge is 0.451 e. The second-order valence-corrected chi connectivity index (χ2v) is 5.70. The summed E-state index contributed by atoms with van der Waals surface area (Å²) in [4.78, 5) is 20.8. The van der Waals surface area contributed by atoms with E-state index in [0.717, 1.165) is 19.3 Å². The molecule has 2 aromatic rings. The first-order valence-electron chi connectivity index (χ1n) is 7.51. The van der Waals surface area contributed by atoms with Crippen LogP contribution in [0.2, 0.25) is 0 Å². The third kappa shape index (κ3) is 3.13. The molecular formula is C16H16F3N3O. The van der Waals surface area contributed by atoms with Gasteiger partial charge in [0.15, 0.2) is 5.78 Å². The van der Waals surface area contributed by atoms with Gasteiger partial charge in [-0.3, -0.25) is 4.79 Å². The Kier molecular flexibility index (Phi) is 3.95. The SMILES string of the molecule is CC(=O)c1ccc2nc(C(F)(F)F)nc(N3CCCCC3)c2c1. The van der Waals surface area contributed by atoms with Crippen LogP contribution in [-0.4, -0.2) is 28.8 Å². The van der Waals surface area contributed by atoms with E-state index in [4.69, 9.17) is 0 Å². The number of hydrogen-bond acceptors (Lipinski definition) is 4. The number of aromatic nitrogens is 2. The zero-order valence-corrected chi connectivity index (χ0v) is 12.7. The monoisotopic (exact) mass is 323 g/mol. The van der Waals surface area contributed by atoms with E-state index >= 15 is 0 Å². The van der Waals surface area contributed by atoms with Gasteiger partial charge in [0.2, 0.25) is 5.82 Å². The summed E-state index contributed by atoms with van der Waals surface area (Å²) in [6.45, 7) is 2.74. The molecule has 0 aliphatic carbocycles. The Morgan fingerprint density at radius 3 is 2.43 bits per heavy atom. The molecule has 0 saturated carbocycles. The van der Waals surface area contributed by atoms with Gasteiger partial charge >= 0.3 is 6.18 Å².